The minimum atomic E-state index is -0.949. The van der Waals surface area contributed by atoms with Crippen molar-refractivity contribution in [1.29, 1.82) is 0 Å². The van der Waals surface area contributed by atoms with E-state index >= 15 is 0 Å². The highest BCUT2D eigenvalue weighted by Crippen LogP contribution is 2.50. The standard InChI is InChI=1S/C21H32O4/c1-13-8-6-10-14(2)17-18-16(15(3)19(22)24-17)12-21(5,25-18)20(4,23)11-7-9-13/h8,14,16-18,23H,3,6-7,9-12H2,1-2,4-5H3/b13-8+/t14-,16-,17-,18+,20+,21-/m0/s1. The zero-order valence-corrected chi connectivity index (χ0v) is 16.0. The lowest BCUT2D eigenvalue weighted by Gasteiger charge is -2.41. The maximum absolute atomic E-state index is 12.3. The Labute approximate surface area is 151 Å². The molecule has 0 aromatic heterocycles. The van der Waals surface area contributed by atoms with Crippen molar-refractivity contribution in [2.45, 2.75) is 89.6 Å². The number of aliphatic hydroxyl groups is 1. The van der Waals surface area contributed by atoms with Gasteiger partial charge in [-0.3, -0.25) is 0 Å². The molecule has 0 aromatic rings. The van der Waals surface area contributed by atoms with Crippen LogP contribution in [0, 0.1) is 11.8 Å². The maximum atomic E-state index is 12.3. The summed E-state index contributed by atoms with van der Waals surface area (Å²) in [6.07, 6.45) is 6.97. The second-order valence-electron chi connectivity index (χ2n) is 8.75. The quantitative estimate of drug-likeness (QED) is 0.409. The van der Waals surface area contributed by atoms with Gasteiger partial charge in [0, 0.05) is 11.5 Å². The number of hydrogen-bond donors (Lipinski definition) is 1. The Morgan fingerprint density at radius 1 is 1.32 bits per heavy atom. The predicted octanol–water partition coefficient (Wildman–Crippen LogP) is 3.93. The van der Waals surface area contributed by atoms with Crippen LogP contribution in [0.3, 0.4) is 0 Å². The van der Waals surface area contributed by atoms with E-state index in [9.17, 15) is 9.90 Å². The van der Waals surface area contributed by atoms with Crippen molar-refractivity contribution < 1.29 is 19.4 Å². The summed E-state index contributed by atoms with van der Waals surface area (Å²) in [6, 6.07) is 0. The minimum absolute atomic E-state index is 0.0645. The van der Waals surface area contributed by atoms with E-state index in [2.05, 4.69) is 26.5 Å². The molecule has 2 bridgehead atoms. The molecule has 3 heterocycles. The molecule has 2 saturated heterocycles. The zero-order chi connectivity index (χ0) is 18.4. The molecule has 0 amide bonds. The third-order valence-corrected chi connectivity index (χ3v) is 6.73. The predicted molar refractivity (Wildman–Crippen MR) is 97.0 cm³/mol. The number of carbonyl (C=O) groups excluding carboxylic acids is 1. The van der Waals surface area contributed by atoms with Crippen molar-refractivity contribution in [3.05, 3.63) is 23.8 Å². The number of ether oxygens (including phenoxy) is 2. The van der Waals surface area contributed by atoms with Crippen LogP contribution in [0.15, 0.2) is 23.8 Å². The summed E-state index contributed by atoms with van der Waals surface area (Å²) < 4.78 is 12.2. The summed E-state index contributed by atoms with van der Waals surface area (Å²) >= 11 is 0. The van der Waals surface area contributed by atoms with Gasteiger partial charge in [-0.1, -0.05) is 25.2 Å². The molecule has 0 aromatic carbocycles. The number of fused-ring (bicyclic) bond motifs is 1. The average molecular weight is 348 g/mol. The van der Waals surface area contributed by atoms with E-state index in [1.54, 1.807) is 0 Å². The van der Waals surface area contributed by atoms with Crippen LogP contribution in [0.1, 0.15) is 66.2 Å². The van der Waals surface area contributed by atoms with Crippen LogP contribution < -0.4 is 0 Å². The molecule has 3 aliphatic heterocycles. The van der Waals surface area contributed by atoms with Gasteiger partial charge in [-0.15, -0.1) is 0 Å². The van der Waals surface area contributed by atoms with Gasteiger partial charge in [0.1, 0.15) is 12.2 Å². The van der Waals surface area contributed by atoms with Crippen molar-refractivity contribution in [2.24, 2.45) is 11.8 Å². The second kappa shape index (κ2) is 6.55. The first kappa shape index (κ1) is 18.7. The van der Waals surface area contributed by atoms with E-state index in [0.717, 1.165) is 25.7 Å². The van der Waals surface area contributed by atoms with Crippen molar-refractivity contribution in [3.8, 4) is 0 Å². The zero-order valence-electron chi connectivity index (χ0n) is 16.0. The van der Waals surface area contributed by atoms with Gasteiger partial charge in [-0.05, 0) is 65.2 Å². The van der Waals surface area contributed by atoms with Gasteiger partial charge in [0.2, 0.25) is 0 Å². The van der Waals surface area contributed by atoms with Crippen molar-refractivity contribution in [1.82, 2.24) is 0 Å². The fourth-order valence-electron chi connectivity index (χ4n) is 4.62. The van der Waals surface area contributed by atoms with Crippen LogP contribution in [0.25, 0.3) is 0 Å². The summed E-state index contributed by atoms with van der Waals surface area (Å²) in [5.74, 6) is -0.156. The number of carbonyl (C=O) groups is 1. The Morgan fingerprint density at radius 2 is 2.04 bits per heavy atom. The smallest absolute Gasteiger partial charge is 0.334 e. The molecule has 6 atom stereocenters. The summed E-state index contributed by atoms with van der Waals surface area (Å²) in [5, 5.41) is 11.2. The molecule has 0 spiro atoms. The van der Waals surface area contributed by atoms with Crippen LogP contribution >= 0.6 is 0 Å². The molecule has 3 aliphatic rings. The fourth-order valence-corrected chi connectivity index (χ4v) is 4.62. The lowest BCUT2D eigenvalue weighted by Crippen LogP contribution is -2.51. The Hall–Kier alpha value is -1.13. The first-order chi connectivity index (χ1) is 11.6. The number of esters is 1. The summed E-state index contributed by atoms with van der Waals surface area (Å²) in [5.41, 5.74) is 0.222. The Balaban J connectivity index is 1.96. The largest absolute Gasteiger partial charge is 0.456 e. The van der Waals surface area contributed by atoms with E-state index in [-0.39, 0.29) is 30.0 Å². The number of allylic oxidation sites excluding steroid dienone is 2. The molecule has 4 heteroatoms. The van der Waals surface area contributed by atoms with Crippen LogP contribution in [0.5, 0.6) is 0 Å². The van der Waals surface area contributed by atoms with E-state index in [1.807, 2.05) is 13.8 Å². The summed E-state index contributed by atoms with van der Waals surface area (Å²) in [4.78, 5) is 12.3. The van der Waals surface area contributed by atoms with Gasteiger partial charge in [-0.2, -0.15) is 0 Å². The normalized spacial score (nSPS) is 47.8. The number of rotatable bonds is 0. The van der Waals surface area contributed by atoms with Crippen molar-refractivity contribution in [2.75, 3.05) is 0 Å². The van der Waals surface area contributed by atoms with Gasteiger partial charge < -0.3 is 14.6 Å². The molecule has 25 heavy (non-hydrogen) atoms. The van der Waals surface area contributed by atoms with E-state index in [0.29, 0.717) is 18.4 Å². The van der Waals surface area contributed by atoms with Gasteiger partial charge in [-0.25, -0.2) is 4.79 Å². The van der Waals surface area contributed by atoms with E-state index < -0.39 is 11.2 Å². The van der Waals surface area contributed by atoms with Gasteiger partial charge in [0.05, 0.1) is 11.2 Å². The Morgan fingerprint density at radius 3 is 2.76 bits per heavy atom. The molecular weight excluding hydrogens is 316 g/mol. The molecule has 140 valence electrons. The van der Waals surface area contributed by atoms with E-state index in [4.69, 9.17) is 9.47 Å². The van der Waals surface area contributed by atoms with E-state index in [1.165, 1.54) is 5.57 Å². The molecular formula is C21H32O4. The van der Waals surface area contributed by atoms with Crippen molar-refractivity contribution >= 4 is 5.97 Å². The third-order valence-electron chi connectivity index (χ3n) is 6.73. The third kappa shape index (κ3) is 3.31. The van der Waals surface area contributed by atoms with Gasteiger partial charge >= 0.3 is 5.97 Å². The molecule has 0 aliphatic carbocycles. The molecule has 0 saturated carbocycles. The highest BCUT2D eigenvalue weighted by molar-refractivity contribution is 5.89. The van der Waals surface area contributed by atoms with Crippen LogP contribution in [0.4, 0.5) is 0 Å². The lowest BCUT2D eigenvalue weighted by molar-refractivity contribution is -0.197. The summed E-state index contributed by atoms with van der Waals surface area (Å²) in [7, 11) is 0. The maximum Gasteiger partial charge on any atom is 0.334 e. The average Bonchev–Trinajstić information content (AvgIpc) is 2.90. The lowest BCUT2D eigenvalue weighted by atomic mass is 9.74. The van der Waals surface area contributed by atoms with Crippen molar-refractivity contribution in [3.63, 3.8) is 0 Å². The van der Waals surface area contributed by atoms with Crippen LogP contribution in [-0.2, 0) is 14.3 Å². The molecule has 1 N–H and O–H groups in total. The van der Waals surface area contributed by atoms with Crippen LogP contribution in [0.2, 0.25) is 0 Å². The molecule has 3 rings (SSSR count). The molecule has 0 unspecified atom stereocenters. The van der Waals surface area contributed by atoms with Gasteiger partial charge in [0.15, 0.2) is 0 Å². The first-order valence-electron chi connectivity index (χ1n) is 9.60. The summed E-state index contributed by atoms with van der Waals surface area (Å²) in [6.45, 7) is 12.1. The second-order valence-corrected chi connectivity index (χ2v) is 8.75. The van der Waals surface area contributed by atoms with Crippen LogP contribution in [-0.4, -0.2) is 34.5 Å². The Kier molecular flexibility index (Phi) is 4.89. The molecule has 4 nitrogen and oxygen atoms in total. The minimum Gasteiger partial charge on any atom is -0.456 e. The monoisotopic (exact) mass is 348 g/mol. The fraction of sp³-hybridized carbons (Fsp3) is 0.762. The number of hydrogen-bond acceptors (Lipinski definition) is 4. The molecule has 2 fully saturated rings. The Bertz CT molecular complexity index is 591. The highest BCUT2D eigenvalue weighted by atomic mass is 16.6. The van der Waals surface area contributed by atoms with Gasteiger partial charge in [0.25, 0.3) is 0 Å². The first-order valence-corrected chi connectivity index (χ1v) is 9.60. The SMILES string of the molecule is C=C1C(=O)O[C@@H]2[C@@H]3O[C@@](C)(C[C@@H]13)[C@](C)(O)CCC/C(C)=C/CC[C@@H]2C. The highest BCUT2D eigenvalue weighted by Gasteiger charge is 2.59. The molecule has 0 radical (unpaired) electrons. The topological polar surface area (TPSA) is 55.8 Å².